The molecule has 33 heavy (non-hydrogen) atoms. The summed E-state index contributed by atoms with van der Waals surface area (Å²) in [5.41, 5.74) is 1.06. The van der Waals surface area contributed by atoms with E-state index in [4.69, 9.17) is 4.74 Å². The number of benzene rings is 1. The number of ether oxygens (including phenoxy) is 1. The van der Waals surface area contributed by atoms with E-state index in [0.717, 1.165) is 54.5 Å². The van der Waals surface area contributed by atoms with Gasteiger partial charge in [-0.3, -0.25) is 9.59 Å². The highest BCUT2D eigenvalue weighted by atomic mass is 79.9. The van der Waals surface area contributed by atoms with Crippen LogP contribution in [-0.2, 0) is 4.79 Å². The third-order valence-corrected chi connectivity index (χ3v) is 7.83. The molecule has 2 aromatic rings. The summed E-state index contributed by atoms with van der Waals surface area (Å²) in [6, 6.07) is 8.85. The van der Waals surface area contributed by atoms with Crippen LogP contribution in [0.25, 0.3) is 0 Å². The first-order valence-corrected chi connectivity index (χ1v) is 12.9. The third kappa shape index (κ3) is 5.58. The maximum atomic E-state index is 13.4. The zero-order chi connectivity index (χ0) is 23.4. The van der Waals surface area contributed by atoms with Crippen molar-refractivity contribution in [3.05, 3.63) is 45.2 Å². The maximum Gasteiger partial charge on any atom is 0.414 e. The molecule has 1 saturated carbocycles. The highest BCUT2D eigenvalue weighted by Crippen LogP contribution is 2.32. The van der Waals surface area contributed by atoms with Crippen molar-refractivity contribution in [2.75, 3.05) is 18.4 Å². The first-order chi connectivity index (χ1) is 15.9. The fraction of sp³-hybridized carbons (Fsp3) is 0.458. The molecule has 1 aromatic carbocycles. The lowest BCUT2D eigenvalue weighted by molar-refractivity contribution is -0.123. The Hall–Kier alpha value is -2.39. The van der Waals surface area contributed by atoms with E-state index in [0.29, 0.717) is 29.2 Å². The first kappa shape index (κ1) is 23.8. The minimum Gasteiger partial charge on any atom is -0.399 e. The molecule has 2 aliphatic rings. The number of hydrogen-bond acceptors (Lipinski definition) is 5. The Morgan fingerprint density at radius 3 is 2.39 bits per heavy atom. The summed E-state index contributed by atoms with van der Waals surface area (Å²) in [6.45, 7) is 3.47. The number of thiophene rings is 1. The molecule has 0 atom stereocenters. The number of nitrogens with one attached hydrogen (secondary N) is 2. The quantitative estimate of drug-likeness (QED) is 0.532. The van der Waals surface area contributed by atoms with E-state index in [1.807, 2.05) is 17.9 Å². The van der Waals surface area contributed by atoms with Crippen LogP contribution in [0.1, 0.15) is 60.9 Å². The minimum absolute atomic E-state index is 0.0382. The SMILES string of the molecule is Cc1cc(NC(=O)C2(NC(=O)Oc3ccc(Br)s3)CCCCC2)ccc1C(=O)N1CCCC1. The highest BCUT2D eigenvalue weighted by molar-refractivity contribution is 9.11. The van der Waals surface area contributed by atoms with E-state index in [1.54, 1.807) is 24.3 Å². The van der Waals surface area contributed by atoms with Crippen molar-refractivity contribution in [2.45, 2.75) is 57.4 Å². The lowest BCUT2D eigenvalue weighted by Gasteiger charge is -2.36. The van der Waals surface area contributed by atoms with Crippen LogP contribution in [0, 0.1) is 6.92 Å². The van der Waals surface area contributed by atoms with Crippen LogP contribution in [0.4, 0.5) is 10.5 Å². The number of hydrogen-bond donors (Lipinski definition) is 2. The van der Waals surface area contributed by atoms with E-state index >= 15 is 0 Å². The molecule has 0 bridgehead atoms. The van der Waals surface area contributed by atoms with E-state index < -0.39 is 11.6 Å². The predicted molar refractivity (Wildman–Crippen MR) is 132 cm³/mol. The van der Waals surface area contributed by atoms with Crippen LogP contribution >= 0.6 is 27.3 Å². The largest absolute Gasteiger partial charge is 0.414 e. The Morgan fingerprint density at radius 1 is 1.03 bits per heavy atom. The van der Waals surface area contributed by atoms with Crippen LogP contribution in [-0.4, -0.2) is 41.4 Å². The molecule has 1 aliphatic carbocycles. The normalized spacial score (nSPS) is 17.5. The molecule has 0 spiro atoms. The van der Waals surface area contributed by atoms with Gasteiger partial charge in [0, 0.05) is 24.3 Å². The molecular formula is C24H28BrN3O4S. The van der Waals surface area contributed by atoms with E-state index in [1.165, 1.54) is 11.3 Å². The molecule has 2 heterocycles. The van der Waals surface area contributed by atoms with Gasteiger partial charge >= 0.3 is 6.09 Å². The second-order valence-corrected chi connectivity index (χ2v) is 11.1. The first-order valence-electron chi connectivity index (χ1n) is 11.3. The molecule has 1 aromatic heterocycles. The van der Waals surface area contributed by atoms with Crippen molar-refractivity contribution in [2.24, 2.45) is 0 Å². The summed E-state index contributed by atoms with van der Waals surface area (Å²) in [4.78, 5) is 40.6. The summed E-state index contributed by atoms with van der Waals surface area (Å²) in [5.74, 6) is -0.221. The number of likely N-dealkylation sites (tertiary alicyclic amines) is 1. The Morgan fingerprint density at radius 2 is 1.76 bits per heavy atom. The summed E-state index contributed by atoms with van der Waals surface area (Å²) in [6.07, 6.45) is 5.26. The van der Waals surface area contributed by atoms with Gasteiger partial charge in [-0.05, 0) is 84.4 Å². The van der Waals surface area contributed by atoms with Crippen LogP contribution in [0.3, 0.4) is 0 Å². The van der Waals surface area contributed by atoms with Gasteiger partial charge < -0.3 is 20.3 Å². The molecule has 1 aliphatic heterocycles. The zero-order valence-corrected chi connectivity index (χ0v) is 21.0. The lowest BCUT2D eigenvalue weighted by atomic mass is 9.81. The van der Waals surface area contributed by atoms with Crippen molar-refractivity contribution in [1.82, 2.24) is 10.2 Å². The molecule has 0 unspecified atom stereocenters. The van der Waals surface area contributed by atoms with Gasteiger partial charge in [0.2, 0.25) is 5.91 Å². The van der Waals surface area contributed by atoms with Gasteiger partial charge in [0.25, 0.3) is 5.91 Å². The van der Waals surface area contributed by atoms with Crippen molar-refractivity contribution in [3.63, 3.8) is 0 Å². The lowest BCUT2D eigenvalue weighted by Crippen LogP contribution is -2.58. The van der Waals surface area contributed by atoms with Gasteiger partial charge in [-0.1, -0.05) is 30.6 Å². The molecule has 4 rings (SSSR count). The predicted octanol–water partition coefficient (Wildman–Crippen LogP) is 5.49. The molecule has 2 fully saturated rings. The molecule has 7 nitrogen and oxygen atoms in total. The molecular weight excluding hydrogens is 506 g/mol. The Labute approximate surface area is 206 Å². The number of carbonyl (C=O) groups excluding carboxylic acids is 3. The fourth-order valence-electron chi connectivity index (χ4n) is 4.55. The monoisotopic (exact) mass is 533 g/mol. The molecule has 9 heteroatoms. The highest BCUT2D eigenvalue weighted by Gasteiger charge is 2.41. The molecule has 2 N–H and O–H groups in total. The van der Waals surface area contributed by atoms with Gasteiger partial charge in [0.1, 0.15) is 5.54 Å². The molecule has 176 valence electrons. The number of carbonyl (C=O) groups is 3. The zero-order valence-electron chi connectivity index (χ0n) is 18.6. The third-order valence-electron chi connectivity index (χ3n) is 6.33. The smallest absolute Gasteiger partial charge is 0.399 e. The Balaban J connectivity index is 1.46. The van der Waals surface area contributed by atoms with E-state index in [9.17, 15) is 14.4 Å². The van der Waals surface area contributed by atoms with Crippen molar-refractivity contribution in [1.29, 1.82) is 0 Å². The average molecular weight is 534 g/mol. The molecule has 0 radical (unpaired) electrons. The van der Waals surface area contributed by atoms with E-state index in [2.05, 4.69) is 26.6 Å². The van der Waals surface area contributed by atoms with Crippen molar-refractivity contribution < 1.29 is 19.1 Å². The topological polar surface area (TPSA) is 87.7 Å². The fourth-order valence-corrected chi connectivity index (χ4v) is 5.74. The summed E-state index contributed by atoms with van der Waals surface area (Å²) < 4.78 is 6.25. The summed E-state index contributed by atoms with van der Waals surface area (Å²) in [5, 5.41) is 6.27. The number of aryl methyl sites for hydroxylation is 1. The minimum atomic E-state index is -1.03. The Bertz CT molecular complexity index is 1040. The van der Waals surface area contributed by atoms with Crippen LogP contribution in [0.15, 0.2) is 34.1 Å². The van der Waals surface area contributed by atoms with Gasteiger partial charge in [0.05, 0.1) is 3.79 Å². The van der Waals surface area contributed by atoms with Crippen molar-refractivity contribution >= 4 is 50.9 Å². The Kier molecular flexibility index (Phi) is 7.38. The van der Waals surface area contributed by atoms with Crippen molar-refractivity contribution in [3.8, 4) is 5.06 Å². The number of amides is 3. The second-order valence-electron chi connectivity index (χ2n) is 8.70. The average Bonchev–Trinajstić information content (AvgIpc) is 3.46. The van der Waals surface area contributed by atoms with Gasteiger partial charge in [-0.25, -0.2) is 4.79 Å². The number of nitrogens with zero attached hydrogens (tertiary/aromatic N) is 1. The summed E-state index contributed by atoms with van der Waals surface area (Å²) >= 11 is 4.65. The molecule has 3 amide bonds. The van der Waals surface area contributed by atoms with Gasteiger partial charge in [-0.15, -0.1) is 0 Å². The van der Waals surface area contributed by atoms with Crippen LogP contribution in [0.2, 0.25) is 0 Å². The van der Waals surface area contributed by atoms with Crippen LogP contribution < -0.4 is 15.4 Å². The summed E-state index contributed by atoms with van der Waals surface area (Å²) in [7, 11) is 0. The van der Waals surface area contributed by atoms with Gasteiger partial charge in [-0.2, -0.15) is 0 Å². The van der Waals surface area contributed by atoms with E-state index in [-0.39, 0.29) is 11.8 Å². The number of anilines is 1. The maximum absolute atomic E-state index is 13.4. The van der Waals surface area contributed by atoms with Gasteiger partial charge in [0.15, 0.2) is 5.06 Å². The standard InChI is InChI=1S/C24H28BrN3O4S/c1-16-15-17(7-8-18(16)21(29)28-13-5-6-14-28)26-22(30)24(11-3-2-4-12-24)27-23(31)32-20-10-9-19(25)33-20/h7-10,15H,2-6,11-14H2,1H3,(H,26,30)(H,27,31). The number of halogens is 1. The van der Waals surface area contributed by atoms with Crippen LogP contribution in [0.5, 0.6) is 5.06 Å². The molecule has 1 saturated heterocycles. The second kappa shape index (κ2) is 10.3. The number of rotatable bonds is 5.